The largest absolute Gasteiger partial charge is 0.481 e. The molecule has 80 valence electrons. The lowest BCUT2D eigenvalue weighted by Crippen LogP contribution is -1.78. The van der Waals surface area contributed by atoms with E-state index in [4.69, 9.17) is 55.1 Å². The van der Waals surface area contributed by atoms with Crippen LogP contribution in [-0.2, 0) is 4.79 Å². The van der Waals surface area contributed by atoms with Crippen LogP contribution < -0.4 is 0 Å². The molecule has 0 saturated carbocycles. The minimum absolute atomic E-state index is 0.750. The summed E-state index contributed by atoms with van der Waals surface area (Å²) in [4.78, 5) is 9.00. The van der Waals surface area contributed by atoms with Crippen molar-refractivity contribution in [3.05, 3.63) is 0 Å². The number of alkyl halides is 3. The first kappa shape index (κ1) is 23.0. The number of nitriles is 1. The summed E-state index contributed by atoms with van der Waals surface area (Å²) in [7, 11) is 1.00. The molecular weight excluding hydrogens is 240 g/mol. The van der Waals surface area contributed by atoms with E-state index < -0.39 is 10.3 Å². The topological polar surface area (TPSA) is 81.3 Å². The molecule has 0 bridgehead atoms. The molecule has 0 spiro atoms. The van der Waals surface area contributed by atoms with Crippen molar-refractivity contribution in [2.75, 3.05) is 7.11 Å². The SMILES string of the molecule is CC#N.CC(=O)O.CO.ClC(Cl)Cl. The Morgan fingerprint density at radius 3 is 1.38 bits per heavy atom. The lowest BCUT2D eigenvalue weighted by atomic mass is 10.9. The van der Waals surface area contributed by atoms with E-state index in [-0.39, 0.29) is 0 Å². The number of nitrogens with zero attached hydrogens (tertiary/aromatic N) is 1. The highest BCUT2D eigenvalue weighted by atomic mass is 35.6. The van der Waals surface area contributed by atoms with Gasteiger partial charge in [-0.2, -0.15) is 5.26 Å². The number of carboxylic acid groups (broad SMARTS) is 1. The number of halogens is 3. The Morgan fingerprint density at radius 1 is 1.38 bits per heavy atom. The van der Waals surface area contributed by atoms with Crippen LogP contribution in [0.15, 0.2) is 0 Å². The highest BCUT2D eigenvalue weighted by Gasteiger charge is 1.78. The summed E-state index contributed by atoms with van der Waals surface area (Å²) < 4.78 is -0.750. The monoisotopic (exact) mass is 251 g/mol. The maximum atomic E-state index is 9.00. The van der Waals surface area contributed by atoms with Gasteiger partial charge in [-0.3, -0.25) is 4.79 Å². The molecule has 0 atom stereocenters. The minimum atomic E-state index is -0.833. The number of carbonyl (C=O) groups is 1. The van der Waals surface area contributed by atoms with E-state index in [9.17, 15) is 0 Å². The van der Waals surface area contributed by atoms with Gasteiger partial charge in [0, 0.05) is 21.0 Å². The van der Waals surface area contributed by atoms with E-state index in [0.29, 0.717) is 0 Å². The zero-order valence-electron chi connectivity index (χ0n) is 7.46. The number of carboxylic acids is 1. The fourth-order valence-corrected chi connectivity index (χ4v) is 0. The van der Waals surface area contributed by atoms with Crippen molar-refractivity contribution in [3.63, 3.8) is 0 Å². The molecular formula is C6H12Cl3NO3. The minimum Gasteiger partial charge on any atom is -0.481 e. The summed E-state index contributed by atoms with van der Waals surface area (Å²) >= 11 is 14.4. The molecule has 0 unspecified atom stereocenters. The third-order valence-electron chi connectivity index (χ3n) is 0. The number of aliphatic hydroxyl groups is 1. The van der Waals surface area contributed by atoms with E-state index in [0.717, 1.165) is 14.0 Å². The lowest BCUT2D eigenvalue weighted by Gasteiger charge is -1.69. The number of hydrogen-bond acceptors (Lipinski definition) is 3. The van der Waals surface area contributed by atoms with Gasteiger partial charge in [0.1, 0.15) is 0 Å². The molecule has 4 nitrogen and oxygen atoms in total. The van der Waals surface area contributed by atoms with Crippen LogP contribution in [0.5, 0.6) is 0 Å². The first-order valence-electron chi connectivity index (χ1n) is 2.75. The predicted octanol–water partition coefficient (Wildman–Crippen LogP) is 2.22. The number of hydrogen-bond donors (Lipinski definition) is 2. The maximum Gasteiger partial charge on any atom is 0.300 e. The fourth-order valence-electron chi connectivity index (χ4n) is 0. The van der Waals surface area contributed by atoms with Crippen LogP contribution in [-0.4, -0.2) is 27.6 Å². The molecule has 13 heavy (non-hydrogen) atoms. The maximum absolute atomic E-state index is 9.00. The molecule has 0 aliphatic carbocycles. The highest BCUT2D eigenvalue weighted by Crippen LogP contribution is 2.03. The normalized spacial score (nSPS) is 5.77. The van der Waals surface area contributed by atoms with Crippen molar-refractivity contribution in [3.8, 4) is 6.07 Å². The smallest absolute Gasteiger partial charge is 0.300 e. The summed E-state index contributed by atoms with van der Waals surface area (Å²) in [6, 6.07) is 1.75. The van der Waals surface area contributed by atoms with Crippen molar-refractivity contribution < 1.29 is 15.0 Å². The van der Waals surface area contributed by atoms with Gasteiger partial charge in [-0.05, 0) is 0 Å². The van der Waals surface area contributed by atoms with Crippen LogP contribution in [0.4, 0.5) is 0 Å². The Bertz CT molecular complexity index is 118. The van der Waals surface area contributed by atoms with Crippen molar-refractivity contribution in [1.82, 2.24) is 0 Å². The Morgan fingerprint density at radius 2 is 1.38 bits per heavy atom. The van der Waals surface area contributed by atoms with E-state index in [1.54, 1.807) is 6.07 Å². The number of aliphatic hydroxyl groups excluding tert-OH is 1. The van der Waals surface area contributed by atoms with Crippen molar-refractivity contribution in [2.24, 2.45) is 0 Å². The second kappa shape index (κ2) is 29.8. The van der Waals surface area contributed by atoms with E-state index in [1.807, 2.05) is 0 Å². The lowest BCUT2D eigenvalue weighted by molar-refractivity contribution is -0.134. The molecule has 0 aliphatic heterocycles. The molecule has 0 aromatic carbocycles. The second-order valence-corrected chi connectivity index (χ2v) is 2.97. The van der Waals surface area contributed by atoms with Crippen LogP contribution in [0.2, 0.25) is 0 Å². The van der Waals surface area contributed by atoms with Gasteiger partial charge in [0.2, 0.25) is 0 Å². The molecule has 0 heterocycles. The van der Waals surface area contributed by atoms with Crippen LogP contribution in [0, 0.1) is 11.3 Å². The zero-order valence-corrected chi connectivity index (χ0v) is 9.73. The quantitative estimate of drug-likeness (QED) is 0.648. The van der Waals surface area contributed by atoms with E-state index in [1.165, 1.54) is 6.92 Å². The standard InChI is InChI=1S/C2H3N.C2H4O2.CHCl3.CH4O/c1-2-3;1-2(3)4;2-1(3)4;1-2/h1H3;1H3,(H,3,4);1H;2H,1H3. The molecule has 0 saturated heterocycles. The zero-order chi connectivity index (χ0) is 11.9. The molecule has 2 N–H and O–H groups in total. The van der Waals surface area contributed by atoms with Crippen molar-refractivity contribution in [1.29, 1.82) is 5.26 Å². The van der Waals surface area contributed by atoms with Gasteiger partial charge in [0.05, 0.1) is 6.07 Å². The van der Waals surface area contributed by atoms with Gasteiger partial charge in [-0.1, -0.05) is 34.8 Å². The predicted molar refractivity (Wildman–Crippen MR) is 54.1 cm³/mol. The average molecular weight is 253 g/mol. The van der Waals surface area contributed by atoms with Gasteiger partial charge >= 0.3 is 0 Å². The summed E-state index contributed by atoms with van der Waals surface area (Å²) in [5.74, 6) is -0.833. The van der Waals surface area contributed by atoms with Gasteiger partial charge in [0.15, 0.2) is 4.30 Å². The van der Waals surface area contributed by atoms with Gasteiger partial charge in [-0.25, -0.2) is 0 Å². The average Bonchev–Trinajstić information content (AvgIpc) is 1.89. The van der Waals surface area contributed by atoms with Crippen molar-refractivity contribution >= 4 is 40.8 Å². The van der Waals surface area contributed by atoms with Crippen LogP contribution in [0.1, 0.15) is 13.8 Å². The van der Waals surface area contributed by atoms with Gasteiger partial charge in [-0.15, -0.1) is 0 Å². The Balaban J connectivity index is -0.0000000431. The van der Waals surface area contributed by atoms with Crippen LogP contribution in [0.3, 0.4) is 0 Å². The van der Waals surface area contributed by atoms with Crippen molar-refractivity contribution in [2.45, 2.75) is 18.1 Å². The highest BCUT2D eigenvalue weighted by molar-refractivity contribution is 6.63. The number of rotatable bonds is 0. The van der Waals surface area contributed by atoms with Crippen LogP contribution in [0.25, 0.3) is 0 Å². The molecule has 7 heteroatoms. The summed E-state index contributed by atoms with van der Waals surface area (Å²) in [6.07, 6.45) is 0. The van der Waals surface area contributed by atoms with Gasteiger partial charge < -0.3 is 10.2 Å². The first-order valence-corrected chi connectivity index (χ1v) is 4.06. The summed E-state index contributed by atoms with van der Waals surface area (Å²) in [5.41, 5.74) is 0. The van der Waals surface area contributed by atoms with E-state index >= 15 is 0 Å². The Labute approximate surface area is 92.6 Å². The molecule has 0 aromatic heterocycles. The number of aliphatic carboxylic acids is 1. The molecule has 0 aliphatic rings. The summed E-state index contributed by atoms with van der Waals surface area (Å²) in [6.45, 7) is 2.51. The molecule has 0 amide bonds. The molecule has 0 rings (SSSR count). The Hall–Kier alpha value is -0.210. The third-order valence-corrected chi connectivity index (χ3v) is 0. The fraction of sp³-hybridized carbons (Fsp3) is 0.667. The molecule has 0 fully saturated rings. The Kier molecular flexibility index (Phi) is 52.7. The molecule has 0 radical (unpaired) electrons. The van der Waals surface area contributed by atoms with Crippen LogP contribution >= 0.6 is 34.8 Å². The van der Waals surface area contributed by atoms with Gasteiger partial charge in [0.25, 0.3) is 5.97 Å². The molecule has 0 aromatic rings. The summed E-state index contributed by atoms with van der Waals surface area (Å²) in [5, 5.41) is 21.7. The van der Waals surface area contributed by atoms with E-state index in [2.05, 4.69) is 0 Å². The third kappa shape index (κ3) is 25600. The first-order chi connectivity index (χ1) is 5.88. The second-order valence-electron chi connectivity index (χ2n) is 0.990.